The molecule has 1 fully saturated rings. The van der Waals surface area contributed by atoms with Gasteiger partial charge < -0.3 is 24.7 Å². The Morgan fingerprint density at radius 2 is 2.10 bits per heavy atom. The van der Waals surface area contributed by atoms with Crippen LogP contribution in [-0.4, -0.2) is 61.2 Å². The van der Waals surface area contributed by atoms with Gasteiger partial charge in [0.1, 0.15) is 11.9 Å². The summed E-state index contributed by atoms with van der Waals surface area (Å²) in [6.07, 6.45) is 5.70. The maximum absolute atomic E-state index is 12.6. The molecular formula is C20H26N4O4S. The van der Waals surface area contributed by atoms with E-state index < -0.39 is 11.9 Å². The molecule has 0 radical (unpaired) electrons. The fourth-order valence-electron chi connectivity index (χ4n) is 2.95. The Morgan fingerprint density at radius 1 is 1.28 bits per heavy atom. The predicted molar refractivity (Wildman–Crippen MR) is 112 cm³/mol. The van der Waals surface area contributed by atoms with E-state index in [0.717, 1.165) is 30.2 Å². The van der Waals surface area contributed by atoms with Crippen molar-refractivity contribution in [2.45, 2.75) is 19.0 Å². The number of carbonyl (C=O) groups is 2. The van der Waals surface area contributed by atoms with Gasteiger partial charge in [-0.15, -0.1) is 0 Å². The third kappa shape index (κ3) is 6.23. The molecule has 1 aliphatic heterocycles. The number of ether oxygens (including phenoxy) is 1. The molecule has 156 valence electrons. The minimum atomic E-state index is -0.624. The Hall–Kier alpha value is -2.52. The Bertz CT molecular complexity index is 776. The first-order valence-corrected chi connectivity index (χ1v) is 11.0. The third-order valence-electron chi connectivity index (χ3n) is 4.59. The zero-order valence-corrected chi connectivity index (χ0v) is 17.2. The molecule has 2 amide bonds. The van der Waals surface area contributed by atoms with Crippen LogP contribution in [0.2, 0.25) is 0 Å². The summed E-state index contributed by atoms with van der Waals surface area (Å²) in [5.41, 5.74) is 0.899. The molecule has 29 heavy (non-hydrogen) atoms. The van der Waals surface area contributed by atoms with Gasteiger partial charge in [0, 0.05) is 25.8 Å². The number of pyridine rings is 1. The Balaban J connectivity index is 1.53. The average molecular weight is 419 g/mol. The van der Waals surface area contributed by atoms with Crippen LogP contribution in [0.4, 0.5) is 5.82 Å². The minimum absolute atomic E-state index is 0.190. The first kappa shape index (κ1) is 21.2. The van der Waals surface area contributed by atoms with Gasteiger partial charge in [-0.25, -0.2) is 4.98 Å². The van der Waals surface area contributed by atoms with Crippen molar-refractivity contribution in [2.75, 3.05) is 43.2 Å². The molecule has 3 rings (SSSR count). The summed E-state index contributed by atoms with van der Waals surface area (Å²) in [6.45, 7) is 3.42. The third-order valence-corrected chi connectivity index (χ3v) is 5.23. The van der Waals surface area contributed by atoms with Crippen molar-refractivity contribution in [2.24, 2.45) is 0 Å². The van der Waals surface area contributed by atoms with Crippen LogP contribution in [-0.2, 0) is 16.1 Å². The lowest BCUT2D eigenvalue weighted by atomic mass is 10.2. The second-order valence-corrected chi connectivity index (χ2v) is 7.61. The summed E-state index contributed by atoms with van der Waals surface area (Å²) in [4.78, 5) is 31.5. The van der Waals surface area contributed by atoms with Crippen molar-refractivity contribution in [3.63, 3.8) is 0 Å². The maximum atomic E-state index is 12.6. The van der Waals surface area contributed by atoms with Crippen LogP contribution in [0.3, 0.4) is 0 Å². The molecule has 1 atom stereocenters. The fraction of sp³-hybridized carbons (Fsp3) is 0.450. The van der Waals surface area contributed by atoms with Gasteiger partial charge in [0.05, 0.1) is 19.5 Å². The number of thioether (sulfide) groups is 1. The molecule has 2 aromatic heterocycles. The normalized spacial score (nSPS) is 15.0. The van der Waals surface area contributed by atoms with E-state index in [1.165, 1.54) is 6.26 Å². The van der Waals surface area contributed by atoms with E-state index in [1.54, 1.807) is 30.1 Å². The van der Waals surface area contributed by atoms with Crippen molar-refractivity contribution >= 4 is 29.4 Å². The summed E-state index contributed by atoms with van der Waals surface area (Å²) in [7, 11) is 0. The van der Waals surface area contributed by atoms with Crippen LogP contribution < -0.4 is 15.5 Å². The summed E-state index contributed by atoms with van der Waals surface area (Å²) in [5, 5.41) is 5.64. The number of amides is 2. The molecular weight excluding hydrogens is 392 g/mol. The molecule has 0 aliphatic carbocycles. The van der Waals surface area contributed by atoms with Crippen molar-refractivity contribution in [3.8, 4) is 0 Å². The van der Waals surface area contributed by atoms with Crippen LogP contribution in [0.15, 0.2) is 41.1 Å². The maximum Gasteiger partial charge on any atom is 0.287 e. The van der Waals surface area contributed by atoms with Gasteiger partial charge in [-0.1, -0.05) is 6.07 Å². The smallest absolute Gasteiger partial charge is 0.287 e. The number of hydrogen-bond acceptors (Lipinski definition) is 7. The van der Waals surface area contributed by atoms with E-state index in [2.05, 4.69) is 20.5 Å². The van der Waals surface area contributed by atoms with E-state index in [1.807, 2.05) is 18.4 Å². The number of anilines is 1. The number of rotatable bonds is 9. The second kappa shape index (κ2) is 10.9. The van der Waals surface area contributed by atoms with Gasteiger partial charge >= 0.3 is 0 Å². The topological polar surface area (TPSA) is 96.7 Å². The van der Waals surface area contributed by atoms with Gasteiger partial charge in [-0.3, -0.25) is 9.59 Å². The highest BCUT2D eigenvalue weighted by molar-refractivity contribution is 7.98. The average Bonchev–Trinajstić information content (AvgIpc) is 3.31. The molecule has 0 spiro atoms. The molecule has 0 bridgehead atoms. The molecule has 1 aliphatic rings. The van der Waals surface area contributed by atoms with Gasteiger partial charge in [-0.05, 0) is 42.2 Å². The van der Waals surface area contributed by atoms with Crippen molar-refractivity contribution in [1.29, 1.82) is 0 Å². The monoisotopic (exact) mass is 418 g/mol. The quantitative estimate of drug-likeness (QED) is 0.639. The lowest BCUT2D eigenvalue weighted by Gasteiger charge is -2.27. The Kier molecular flexibility index (Phi) is 7.94. The van der Waals surface area contributed by atoms with Crippen LogP contribution in [0, 0.1) is 0 Å². The molecule has 0 saturated carbocycles. The Labute approximate surface area is 174 Å². The van der Waals surface area contributed by atoms with Gasteiger partial charge in [-0.2, -0.15) is 11.8 Å². The van der Waals surface area contributed by atoms with Crippen LogP contribution >= 0.6 is 11.8 Å². The molecule has 8 nitrogen and oxygen atoms in total. The zero-order valence-electron chi connectivity index (χ0n) is 16.4. The van der Waals surface area contributed by atoms with E-state index in [9.17, 15) is 9.59 Å². The number of nitrogens with one attached hydrogen (secondary N) is 2. The second-order valence-electron chi connectivity index (χ2n) is 6.63. The zero-order chi connectivity index (χ0) is 20.5. The van der Waals surface area contributed by atoms with E-state index in [4.69, 9.17) is 9.15 Å². The highest BCUT2D eigenvalue weighted by Gasteiger charge is 2.22. The van der Waals surface area contributed by atoms with Crippen molar-refractivity contribution < 1.29 is 18.7 Å². The lowest BCUT2D eigenvalue weighted by Crippen LogP contribution is -2.46. The highest BCUT2D eigenvalue weighted by Crippen LogP contribution is 2.13. The van der Waals surface area contributed by atoms with Crippen molar-refractivity contribution in [3.05, 3.63) is 48.0 Å². The number of hydrogen-bond donors (Lipinski definition) is 2. The highest BCUT2D eigenvalue weighted by atomic mass is 32.2. The number of aromatic nitrogens is 1. The summed E-state index contributed by atoms with van der Waals surface area (Å²) >= 11 is 1.62. The standard InChI is InChI=1S/C20H26N4O4S/c1-29-12-6-16(23-20(26)17-3-2-9-28-17)19(25)22-14-15-4-5-18(21-13-15)24-7-10-27-11-8-24/h2-5,9,13,16H,6-8,10-12,14H2,1H3,(H,22,25)(H,23,26). The first-order valence-electron chi connectivity index (χ1n) is 9.56. The predicted octanol–water partition coefficient (Wildman–Crippen LogP) is 1.68. The molecule has 1 saturated heterocycles. The van der Waals surface area contributed by atoms with Gasteiger partial charge in [0.2, 0.25) is 5.91 Å². The van der Waals surface area contributed by atoms with Gasteiger partial charge in [0.15, 0.2) is 5.76 Å². The number of carbonyl (C=O) groups excluding carboxylic acids is 2. The molecule has 1 unspecified atom stereocenters. The fourth-order valence-corrected chi connectivity index (χ4v) is 3.43. The number of nitrogens with zero attached hydrogens (tertiary/aromatic N) is 2. The molecule has 2 N–H and O–H groups in total. The van der Waals surface area contributed by atoms with Crippen LogP contribution in [0.1, 0.15) is 22.5 Å². The summed E-state index contributed by atoms with van der Waals surface area (Å²) in [6, 6.07) is 6.49. The van der Waals surface area contributed by atoms with Crippen LogP contribution in [0.5, 0.6) is 0 Å². The Morgan fingerprint density at radius 3 is 2.76 bits per heavy atom. The number of morpholine rings is 1. The molecule has 9 heteroatoms. The number of furan rings is 1. The molecule has 0 aromatic carbocycles. The summed E-state index contributed by atoms with van der Waals surface area (Å²) < 4.78 is 10.5. The van der Waals surface area contributed by atoms with Gasteiger partial charge in [0.25, 0.3) is 5.91 Å². The summed E-state index contributed by atoms with van der Waals surface area (Å²) in [5.74, 6) is 1.23. The van der Waals surface area contributed by atoms with E-state index in [-0.39, 0.29) is 11.7 Å². The first-order chi connectivity index (χ1) is 14.2. The lowest BCUT2D eigenvalue weighted by molar-refractivity contribution is -0.123. The largest absolute Gasteiger partial charge is 0.459 e. The SMILES string of the molecule is CSCCC(NC(=O)c1ccco1)C(=O)NCc1ccc(N2CCOCC2)nc1. The van der Waals surface area contributed by atoms with Crippen molar-refractivity contribution in [1.82, 2.24) is 15.6 Å². The van der Waals surface area contributed by atoms with E-state index >= 15 is 0 Å². The molecule has 3 heterocycles. The minimum Gasteiger partial charge on any atom is -0.459 e. The van der Waals surface area contributed by atoms with Crippen LogP contribution in [0.25, 0.3) is 0 Å². The molecule has 2 aromatic rings. The van der Waals surface area contributed by atoms with E-state index in [0.29, 0.717) is 26.2 Å².